The van der Waals surface area contributed by atoms with Gasteiger partial charge in [-0.05, 0) is 44.2 Å². The van der Waals surface area contributed by atoms with Crippen molar-refractivity contribution in [3.05, 3.63) is 29.3 Å². The van der Waals surface area contributed by atoms with Crippen molar-refractivity contribution in [2.45, 2.75) is 38.0 Å². The number of nitrogens with one attached hydrogen (secondary N) is 1. The molecule has 17 heavy (non-hydrogen) atoms. The SMILES string of the molecule is Cc1ccc(S(=O)(=O)NCC2CCC2)c(C)c1. The largest absolute Gasteiger partial charge is 0.240 e. The summed E-state index contributed by atoms with van der Waals surface area (Å²) < 4.78 is 26.9. The Morgan fingerprint density at radius 3 is 2.53 bits per heavy atom. The number of hydrogen-bond acceptors (Lipinski definition) is 2. The Labute approximate surface area is 103 Å². The van der Waals surface area contributed by atoms with Gasteiger partial charge >= 0.3 is 0 Å². The van der Waals surface area contributed by atoms with Crippen LogP contribution in [0.2, 0.25) is 0 Å². The lowest BCUT2D eigenvalue weighted by Gasteiger charge is -2.25. The standard InChI is InChI=1S/C13H19NO2S/c1-10-6-7-13(11(2)8-10)17(15,16)14-9-12-4-3-5-12/h6-8,12,14H,3-5,9H2,1-2H3. The van der Waals surface area contributed by atoms with Crippen LogP contribution in [0.15, 0.2) is 23.1 Å². The summed E-state index contributed by atoms with van der Waals surface area (Å²) in [5, 5.41) is 0. The van der Waals surface area contributed by atoms with Gasteiger partial charge in [0.25, 0.3) is 0 Å². The molecule has 0 unspecified atom stereocenters. The summed E-state index contributed by atoms with van der Waals surface area (Å²) in [7, 11) is -3.33. The number of hydrogen-bond donors (Lipinski definition) is 1. The number of sulfonamides is 1. The zero-order chi connectivity index (χ0) is 12.5. The molecule has 0 atom stereocenters. The molecular weight excluding hydrogens is 234 g/mol. The molecule has 1 aromatic carbocycles. The molecule has 0 heterocycles. The summed E-state index contributed by atoms with van der Waals surface area (Å²) in [6.07, 6.45) is 3.53. The van der Waals surface area contributed by atoms with E-state index in [2.05, 4.69) is 4.72 Å². The lowest BCUT2D eigenvalue weighted by Crippen LogP contribution is -2.32. The van der Waals surface area contributed by atoms with Gasteiger partial charge in [0.15, 0.2) is 0 Å². The van der Waals surface area contributed by atoms with Crippen molar-refractivity contribution in [1.82, 2.24) is 4.72 Å². The van der Waals surface area contributed by atoms with Crippen molar-refractivity contribution < 1.29 is 8.42 Å². The van der Waals surface area contributed by atoms with Gasteiger partial charge in [-0.3, -0.25) is 0 Å². The molecular formula is C13H19NO2S. The second kappa shape index (κ2) is 4.78. The Morgan fingerprint density at radius 1 is 1.29 bits per heavy atom. The first-order valence-corrected chi connectivity index (χ1v) is 7.54. The maximum atomic E-state index is 12.1. The topological polar surface area (TPSA) is 46.2 Å². The van der Waals surface area contributed by atoms with Crippen LogP contribution in [0.5, 0.6) is 0 Å². The van der Waals surface area contributed by atoms with Crippen LogP contribution in [0.3, 0.4) is 0 Å². The van der Waals surface area contributed by atoms with Crippen molar-refractivity contribution >= 4 is 10.0 Å². The highest BCUT2D eigenvalue weighted by Gasteiger charge is 2.22. The molecule has 1 aliphatic rings. The second-order valence-electron chi connectivity index (χ2n) is 4.92. The molecule has 1 fully saturated rings. The van der Waals surface area contributed by atoms with E-state index >= 15 is 0 Å². The third kappa shape index (κ3) is 2.87. The van der Waals surface area contributed by atoms with Gasteiger partial charge < -0.3 is 0 Å². The van der Waals surface area contributed by atoms with E-state index in [1.54, 1.807) is 6.07 Å². The van der Waals surface area contributed by atoms with Crippen molar-refractivity contribution in [1.29, 1.82) is 0 Å². The highest BCUT2D eigenvalue weighted by molar-refractivity contribution is 7.89. The molecule has 94 valence electrons. The van der Waals surface area contributed by atoms with Crippen molar-refractivity contribution in [2.24, 2.45) is 5.92 Å². The van der Waals surface area contributed by atoms with Crippen LogP contribution < -0.4 is 4.72 Å². The quantitative estimate of drug-likeness (QED) is 0.895. The average Bonchev–Trinajstić information content (AvgIpc) is 2.13. The van der Waals surface area contributed by atoms with Crippen LogP contribution >= 0.6 is 0 Å². The lowest BCUT2D eigenvalue weighted by atomic mass is 9.86. The molecule has 1 N–H and O–H groups in total. The molecule has 1 aromatic rings. The van der Waals surface area contributed by atoms with E-state index < -0.39 is 10.0 Å². The summed E-state index contributed by atoms with van der Waals surface area (Å²) in [4.78, 5) is 0.405. The number of benzene rings is 1. The Morgan fingerprint density at radius 2 is 2.00 bits per heavy atom. The lowest BCUT2D eigenvalue weighted by molar-refractivity contribution is 0.316. The smallest absolute Gasteiger partial charge is 0.211 e. The first-order valence-electron chi connectivity index (χ1n) is 6.06. The zero-order valence-electron chi connectivity index (χ0n) is 10.4. The van der Waals surface area contributed by atoms with Crippen LogP contribution in [0, 0.1) is 19.8 Å². The van der Waals surface area contributed by atoms with Crippen LogP contribution in [-0.4, -0.2) is 15.0 Å². The van der Waals surface area contributed by atoms with Crippen LogP contribution in [0.4, 0.5) is 0 Å². The third-order valence-corrected chi connectivity index (χ3v) is 4.99. The maximum Gasteiger partial charge on any atom is 0.240 e. The Bertz CT molecular complexity index is 504. The first kappa shape index (κ1) is 12.6. The van der Waals surface area contributed by atoms with E-state index in [0.29, 0.717) is 17.4 Å². The second-order valence-corrected chi connectivity index (χ2v) is 6.65. The first-order chi connectivity index (χ1) is 7.99. The summed E-state index contributed by atoms with van der Waals surface area (Å²) in [5.41, 5.74) is 1.89. The summed E-state index contributed by atoms with van der Waals surface area (Å²) in [6, 6.07) is 5.43. The predicted molar refractivity (Wildman–Crippen MR) is 68.4 cm³/mol. The van der Waals surface area contributed by atoms with Gasteiger partial charge in [-0.1, -0.05) is 24.1 Å². The van der Waals surface area contributed by atoms with Gasteiger partial charge in [-0.2, -0.15) is 0 Å². The van der Waals surface area contributed by atoms with Crippen molar-refractivity contribution in [3.63, 3.8) is 0 Å². The minimum absolute atomic E-state index is 0.405. The molecule has 0 bridgehead atoms. The molecule has 0 spiro atoms. The molecule has 4 heteroatoms. The fourth-order valence-corrected chi connectivity index (χ4v) is 3.44. The van der Waals surface area contributed by atoms with E-state index in [0.717, 1.165) is 24.0 Å². The molecule has 0 amide bonds. The Balaban J connectivity index is 2.12. The zero-order valence-corrected chi connectivity index (χ0v) is 11.2. The minimum atomic E-state index is -3.33. The average molecular weight is 253 g/mol. The van der Waals surface area contributed by atoms with Crippen molar-refractivity contribution in [3.8, 4) is 0 Å². The van der Waals surface area contributed by atoms with Crippen molar-refractivity contribution in [2.75, 3.05) is 6.54 Å². The van der Waals surface area contributed by atoms with E-state index in [9.17, 15) is 8.42 Å². The van der Waals surface area contributed by atoms with Gasteiger partial charge in [0.2, 0.25) is 10.0 Å². The number of rotatable bonds is 4. The Hall–Kier alpha value is -0.870. The number of aryl methyl sites for hydroxylation is 2. The van der Waals surface area contributed by atoms with Gasteiger partial charge in [0, 0.05) is 6.54 Å². The van der Waals surface area contributed by atoms with Gasteiger partial charge in [-0.15, -0.1) is 0 Å². The van der Waals surface area contributed by atoms with Crippen LogP contribution in [-0.2, 0) is 10.0 Å². The Kier molecular flexibility index (Phi) is 3.54. The monoisotopic (exact) mass is 253 g/mol. The molecule has 0 aliphatic heterocycles. The predicted octanol–water partition coefficient (Wildman–Crippen LogP) is 2.38. The van der Waals surface area contributed by atoms with E-state index in [-0.39, 0.29) is 0 Å². The summed E-state index contributed by atoms with van der Waals surface area (Å²) in [5.74, 6) is 0.538. The normalized spacial score (nSPS) is 16.8. The highest BCUT2D eigenvalue weighted by atomic mass is 32.2. The summed E-state index contributed by atoms with van der Waals surface area (Å²) in [6.45, 7) is 4.38. The molecule has 2 rings (SSSR count). The molecule has 0 radical (unpaired) electrons. The maximum absolute atomic E-state index is 12.1. The van der Waals surface area contributed by atoms with Crippen LogP contribution in [0.25, 0.3) is 0 Å². The third-order valence-electron chi connectivity index (χ3n) is 3.41. The molecule has 1 saturated carbocycles. The fraction of sp³-hybridized carbons (Fsp3) is 0.538. The minimum Gasteiger partial charge on any atom is -0.211 e. The van der Waals surface area contributed by atoms with Crippen LogP contribution in [0.1, 0.15) is 30.4 Å². The molecule has 3 nitrogen and oxygen atoms in total. The molecule has 1 aliphatic carbocycles. The summed E-state index contributed by atoms with van der Waals surface area (Å²) >= 11 is 0. The van der Waals surface area contributed by atoms with E-state index in [1.807, 2.05) is 26.0 Å². The van der Waals surface area contributed by atoms with Gasteiger partial charge in [0.1, 0.15) is 0 Å². The molecule has 0 aromatic heterocycles. The van der Waals surface area contributed by atoms with E-state index in [4.69, 9.17) is 0 Å². The highest BCUT2D eigenvalue weighted by Crippen LogP contribution is 2.26. The van der Waals surface area contributed by atoms with Gasteiger partial charge in [0.05, 0.1) is 4.90 Å². The van der Waals surface area contributed by atoms with E-state index in [1.165, 1.54) is 6.42 Å². The van der Waals surface area contributed by atoms with Gasteiger partial charge in [-0.25, -0.2) is 13.1 Å². The fourth-order valence-electron chi connectivity index (χ4n) is 2.10. The molecule has 0 saturated heterocycles.